The van der Waals surface area contributed by atoms with Crippen LogP contribution in [0.2, 0.25) is 0 Å². The summed E-state index contributed by atoms with van der Waals surface area (Å²) >= 11 is 0. The van der Waals surface area contributed by atoms with Gasteiger partial charge in [0.1, 0.15) is 11.5 Å². The van der Waals surface area contributed by atoms with E-state index in [0.717, 1.165) is 44.7 Å². The van der Waals surface area contributed by atoms with Crippen LogP contribution in [-0.4, -0.2) is 23.2 Å². The summed E-state index contributed by atoms with van der Waals surface area (Å²) in [5, 5.41) is 2.01. The number of hydrogen-bond donors (Lipinski definition) is 0. The molecule has 0 aliphatic carbocycles. The van der Waals surface area contributed by atoms with Crippen LogP contribution in [0.5, 0.6) is 11.5 Å². The normalized spacial score (nSPS) is 11.0. The highest BCUT2D eigenvalue weighted by molar-refractivity contribution is 5.90. The van der Waals surface area contributed by atoms with Crippen LogP contribution in [-0.2, 0) is 0 Å². The molecule has 0 aliphatic rings. The summed E-state index contributed by atoms with van der Waals surface area (Å²) < 4.78 is 11.7. The van der Waals surface area contributed by atoms with Crippen molar-refractivity contribution in [2.24, 2.45) is 0 Å². The molecule has 2 aromatic heterocycles. The average Bonchev–Trinajstić information content (AvgIpc) is 2.68. The summed E-state index contributed by atoms with van der Waals surface area (Å²) in [6, 6.07) is 19.9. The Bertz CT molecular complexity index is 989. The zero-order valence-electron chi connectivity index (χ0n) is 14.9. The van der Waals surface area contributed by atoms with Gasteiger partial charge in [0.25, 0.3) is 0 Å². The van der Waals surface area contributed by atoms with E-state index in [1.54, 1.807) is 0 Å². The van der Waals surface area contributed by atoms with Crippen molar-refractivity contribution in [3.63, 3.8) is 0 Å². The number of nitrogens with zero attached hydrogens (tertiary/aromatic N) is 2. The van der Waals surface area contributed by atoms with E-state index >= 15 is 0 Å². The van der Waals surface area contributed by atoms with Crippen LogP contribution in [0.15, 0.2) is 60.7 Å². The molecular weight excluding hydrogens is 324 g/mol. The summed E-state index contributed by atoms with van der Waals surface area (Å²) in [7, 11) is 0. The van der Waals surface area contributed by atoms with E-state index in [1.165, 1.54) is 0 Å². The Kier molecular flexibility index (Phi) is 4.40. The molecule has 0 aliphatic heterocycles. The molecule has 4 nitrogen and oxygen atoms in total. The standard InChI is InChI=1S/C22H20N2O2/c1-3-25-21-13-19(23-17-11-7-5-9-15(17)21)20-14-22(26-4-2)16-10-6-8-12-18(16)24-20/h5-14H,3-4H2,1-2H3. The highest BCUT2D eigenvalue weighted by Crippen LogP contribution is 2.33. The van der Waals surface area contributed by atoms with E-state index in [-0.39, 0.29) is 0 Å². The SMILES string of the molecule is CCOc1cc(-c2cc(OCC)c3ccccc3n2)nc2ccccc12. The molecule has 130 valence electrons. The first-order valence-corrected chi connectivity index (χ1v) is 8.85. The zero-order valence-corrected chi connectivity index (χ0v) is 14.9. The third kappa shape index (κ3) is 2.94. The summed E-state index contributed by atoms with van der Waals surface area (Å²) in [5.74, 6) is 1.64. The van der Waals surface area contributed by atoms with Gasteiger partial charge >= 0.3 is 0 Å². The maximum Gasteiger partial charge on any atom is 0.130 e. The van der Waals surface area contributed by atoms with Crippen molar-refractivity contribution in [2.75, 3.05) is 13.2 Å². The van der Waals surface area contributed by atoms with Crippen LogP contribution < -0.4 is 9.47 Å². The first-order chi connectivity index (χ1) is 12.8. The van der Waals surface area contributed by atoms with Crippen LogP contribution in [0.1, 0.15) is 13.8 Å². The number of para-hydroxylation sites is 2. The van der Waals surface area contributed by atoms with E-state index < -0.39 is 0 Å². The quantitative estimate of drug-likeness (QED) is 0.496. The van der Waals surface area contributed by atoms with Crippen molar-refractivity contribution in [2.45, 2.75) is 13.8 Å². The lowest BCUT2D eigenvalue weighted by atomic mass is 10.1. The molecule has 2 aromatic carbocycles. The number of ether oxygens (including phenoxy) is 2. The molecule has 0 unspecified atom stereocenters. The van der Waals surface area contributed by atoms with E-state index in [2.05, 4.69) is 0 Å². The molecule has 26 heavy (non-hydrogen) atoms. The monoisotopic (exact) mass is 344 g/mol. The molecule has 0 N–H and O–H groups in total. The molecule has 0 saturated carbocycles. The maximum atomic E-state index is 5.85. The lowest BCUT2D eigenvalue weighted by Crippen LogP contribution is -1.98. The zero-order chi connectivity index (χ0) is 17.9. The Morgan fingerprint density at radius 3 is 1.50 bits per heavy atom. The second kappa shape index (κ2) is 7.00. The molecule has 0 radical (unpaired) electrons. The van der Waals surface area contributed by atoms with Crippen molar-refractivity contribution in [3.8, 4) is 22.9 Å². The van der Waals surface area contributed by atoms with Gasteiger partial charge in [-0.25, -0.2) is 9.97 Å². The van der Waals surface area contributed by atoms with Gasteiger partial charge in [-0.05, 0) is 38.1 Å². The molecule has 0 spiro atoms. The van der Waals surface area contributed by atoms with E-state index in [4.69, 9.17) is 19.4 Å². The lowest BCUT2D eigenvalue weighted by Gasteiger charge is -2.12. The van der Waals surface area contributed by atoms with Crippen molar-refractivity contribution < 1.29 is 9.47 Å². The number of benzene rings is 2. The number of pyridine rings is 2. The predicted molar refractivity (Wildman–Crippen MR) is 105 cm³/mol. The van der Waals surface area contributed by atoms with Gasteiger partial charge in [-0.15, -0.1) is 0 Å². The Morgan fingerprint density at radius 1 is 0.654 bits per heavy atom. The minimum absolute atomic E-state index is 0.600. The summed E-state index contributed by atoms with van der Waals surface area (Å²) in [5.41, 5.74) is 3.33. The van der Waals surface area contributed by atoms with Crippen molar-refractivity contribution in [3.05, 3.63) is 60.7 Å². The van der Waals surface area contributed by atoms with Gasteiger partial charge in [0.05, 0.1) is 35.6 Å². The predicted octanol–water partition coefficient (Wildman–Crippen LogP) is 5.25. The minimum Gasteiger partial charge on any atom is -0.493 e. The second-order valence-corrected chi connectivity index (χ2v) is 5.91. The fourth-order valence-electron chi connectivity index (χ4n) is 3.10. The maximum absolute atomic E-state index is 5.85. The number of rotatable bonds is 5. The Labute approximate surface area is 152 Å². The molecular formula is C22H20N2O2. The van der Waals surface area contributed by atoms with E-state index in [0.29, 0.717) is 13.2 Å². The Hall–Kier alpha value is -3.14. The summed E-state index contributed by atoms with van der Waals surface area (Å²) in [6.45, 7) is 5.16. The van der Waals surface area contributed by atoms with Gasteiger partial charge in [0.15, 0.2) is 0 Å². The highest BCUT2D eigenvalue weighted by atomic mass is 16.5. The van der Waals surface area contributed by atoms with Crippen molar-refractivity contribution >= 4 is 21.8 Å². The molecule has 0 saturated heterocycles. The van der Waals surface area contributed by atoms with Crippen molar-refractivity contribution in [1.82, 2.24) is 9.97 Å². The third-order valence-corrected chi connectivity index (χ3v) is 4.22. The van der Waals surface area contributed by atoms with Crippen LogP contribution in [0.3, 0.4) is 0 Å². The summed E-state index contributed by atoms with van der Waals surface area (Å²) in [4.78, 5) is 9.60. The Balaban J connectivity index is 1.94. The van der Waals surface area contributed by atoms with Gasteiger partial charge < -0.3 is 9.47 Å². The van der Waals surface area contributed by atoms with E-state index in [9.17, 15) is 0 Å². The minimum atomic E-state index is 0.600. The topological polar surface area (TPSA) is 44.2 Å². The van der Waals surface area contributed by atoms with Crippen LogP contribution >= 0.6 is 0 Å². The van der Waals surface area contributed by atoms with E-state index in [1.807, 2.05) is 74.5 Å². The second-order valence-electron chi connectivity index (χ2n) is 5.91. The highest BCUT2D eigenvalue weighted by Gasteiger charge is 2.12. The van der Waals surface area contributed by atoms with Crippen molar-refractivity contribution in [1.29, 1.82) is 0 Å². The first kappa shape index (κ1) is 16.3. The molecule has 0 bridgehead atoms. The number of aromatic nitrogens is 2. The van der Waals surface area contributed by atoms with Crippen LogP contribution in [0.4, 0.5) is 0 Å². The molecule has 2 heterocycles. The summed E-state index contributed by atoms with van der Waals surface area (Å²) in [6.07, 6.45) is 0. The molecule has 0 fully saturated rings. The van der Waals surface area contributed by atoms with Gasteiger partial charge in [0, 0.05) is 22.9 Å². The van der Waals surface area contributed by atoms with Crippen LogP contribution in [0.25, 0.3) is 33.2 Å². The fourth-order valence-corrected chi connectivity index (χ4v) is 3.10. The molecule has 4 rings (SSSR count). The largest absolute Gasteiger partial charge is 0.493 e. The van der Waals surface area contributed by atoms with Gasteiger partial charge in [-0.1, -0.05) is 24.3 Å². The smallest absolute Gasteiger partial charge is 0.130 e. The first-order valence-electron chi connectivity index (χ1n) is 8.85. The van der Waals surface area contributed by atoms with Crippen LogP contribution in [0, 0.1) is 0 Å². The van der Waals surface area contributed by atoms with Gasteiger partial charge in [-0.2, -0.15) is 0 Å². The molecule has 4 aromatic rings. The third-order valence-electron chi connectivity index (χ3n) is 4.22. The molecule has 0 amide bonds. The fraction of sp³-hybridized carbons (Fsp3) is 0.182. The van der Waals surface area contributed by atoms with Gasteiger partial charge in [0.2, 0.25) is 0 Å². The number of fused-ring (bicyclic) bond motifs is 2. The Morgan fingerprint density at radius 2 is 1.08 bits per heavy atom. The molecule has 0 atom stereocenters. The number of hydrogen-bond acceptors (Lipinski definition) is 4. The molecule has 4 heteroatoms. The van der Waals surface area contributed by atoms with Gasteiger partial charge in [-0.3, -0.25) is 0 Å². The lowest BCUT2D eigenvalue weighted by molar-refractivity contribution is 0.343. The average molecular weight is 344 g/mol.